The molecule has 0 unspecified atom stereocenters. The van der Waals surface area contributed by atoms with E-state index in [0.717, 1.165) is 39.3 Å². The fourth-order valence-electron chi connectivity index (χ4n) is 10.8. The third-order valence-electron chi connectivity index (χ3n) is 13.9. The summed E-state index contributed by atoms with van der Waals surface area (Å²) in [7, 11) is 0. The summed E-state index contributed by atoms with van der Waals surface area (Å²) in [5.74, 6) is 0.718. The van der Waals surface area contributed by atoms with Gasteiger partial charge in [-0.25, -0.2) is 9.97 Å². The van der Waals surface area contributed by atoms with Crippen molar-refractivity contribution in [2.75, 3.05) is 0 Å². The molecule has 0 spiro atoms. The maximum atomic E-state index is 5.33. The molecular formula is C60H44N2. The highest BCUT2D eigenvalue weighted by Gasteiger charge is 2.38. The van der Waals surface area contributed by atoms with Gasteiger partial charge in [0.1, 0.15) is 0 Å². The van der Waals surface area contributed by atoms with Crippen LogP contribution in [0.25, 0.3) is 100.0 Å². The lowest BCUT2D eigenvalue weighted by Gasteiger charge is -2.23. The predicted molar refractivity (Wildman–Crippen MR) is 259 cm³/mol. The summed E-state index contributed by atoms with van der Waals surface area (Å²) in [6, 6.07) is 71.0. The standard InChI is InChI=1S/C60H44N2/c1-59(2)51-26-13-12-24-48(51)56-49(25-15-27-53(56)59)55-36-54(61-58(62-55)38-17-6-5-7-18-38)46-32-31-42(44-22-10-11-23-45(44)46)41-20-14-19-39(34-41)40-29-33-52-50(35-40)47-30-28-37-16-8-9-21-43(37)57(47)60(52,3)4/h5-36H,1-4H3. The van der Waals surface area contributed by atoms with Crippen molar-refractivity contribution in [3.8, 4) is 78.4 Å². The van der Waals surface area contributed by atoms with Crippen LogP contribution in [0.1, 0.15) is 49.9 Å². The van der Waals surface area contributed by atoms with Crippen molar-refractivity contribution in [3.63, 3.8) is 0 Å². The second-order valence-electron chi connectivity index (χ2n) is 18.1. The van der Waals surface area contributed by atoms with E-state index < -0.39 is 0 Å². The molecule has 2 aliphatic carbocycles. The van der Waals surface area contributed by atoms with Crippen LogP contribution < -0.4 is 0 Å². The second kappa shape index (κ2) is 13.5. The van der Waals surface area contributed by atoms with Gasteiger partial charge in [-0.1, -0.05) is 204 Å². The van der Waals surface area contributed by atoms with Gasteiger partial charge in [0, 0.05) is 27.5 Å². The quantitative estimate of drug-likeness (QED) is 0.173. The van der Waals surface area contributed by atoms with Gasteiger partial charge in [-0.05, 0) is 107 Å². The predicted octanol–water partition coefficient (Wildman–Crippen LogP) is 15.7. The van der Waals surface area contributed by atoms with Crippen LogP contribution in [0.4, 0.5) is 0 Å². The molecule has 62 heavy (non-hydrogen) atoms. The molecule has 0 fully saturated rings. The third kappa shape index (κ3) is 5.43. The topological polar surface area (TPSA) is 25.8 Å². The van der Waals surface area contributed by atoms with Crippen molar-refractivity contribution < 1.29 is 0 Å². The first kappa shape index (κ1) is 36.4. The van der Waals surface area contributed by atoms with E-state index >= 15 is 0 Å². The van der Waals surface area contributed by atoms with Crippen LogP contribution in [0.3, 0.4) is 0 Å². The van der Waals surface area contributed by atoms with Crippen molar-refractivity contribution >= 4 is 21.5 Å². The fraction of sp³-hybridized carbons (Fsp3) is 0.100. The van der Waals surface area contributed by atoms with Gasteiger partial charge in [0.15, 0.2) is 5.82 Å². The minimum absolute atomic E-state index is 0.0810. The number of benzene rings is 9. The van der Waals surface area contributed by atoms with Crippen molar-refractivity contribution in [1.82, 2.24) is 9.97 Å². The first-order valence-electron chi connectivity index (χ1n) is 21.7. The summed E-state index contributed by atoms with van der Waals surface area (Å²) in [6.45, 7) is 9.41. The van der Waals surface area contributed by atoms with E-state index in [2.05, 4.69) is 216 Å². The van der Waals surface area contributed by atoms with Crippen molar-refractivity contribution in [2.24, 2.45) is 0 Å². The van der Waals surface area contributed by atoms with Gasteiger partial charge in [0.25, 0.3) is 0 Å². The summed E-state index contributed by atoms with van der Waals surface area (Å²) in [5.41, 5.74) is 20.4. The highest BCUT2D eigenvalue weighted by molar-refractivity contribution is 6.06. The molecule has 0 radical (unpaired) electrons. The molecule has 1 aromatic heterocycles. The second-order valence-corrected chi connectivity index (χ2v) is 18.1. The summed E-state index contributed by atoms with van der Waals surface area (Å²) in [6.07, 6.45) is 0. The molecule has 10 aromatic rings. The number of rotatable bonds is 5. The van der Waals surface area contributed by atoms with E-state index in [1.165, 1.54) is 82.9 Å². The van der Waals surface area contributed by atoms with Crippen LogP contribution in [0.15, 0.2) is 194 Å². The molecule has 0 N–H and O–H groups in total. The van der Waals surface area contributed by atoms with E-state index in [0.29, 0.717) is 0 Å². The number of hydrogen-bond acceptors (Lipinski definition) is 2. The Hall–Kier alpha value is -7.42. The maximum Gasteiger partial charge on any atom is 0.160 e. The van der Waals surface area contributed by atoms with E-state index in [4.69, 9.17) is 9.97 Å². The summed E-state index contributed by atoms with van der Waals surface area (Å²) >= 11 is 0. The first-order valence-corrected chi connectivity index (χ1v) is 21.7. The molecular weight excluding hydrogens is 749 g/mol. The van der Waals surface area contributed by atoms with Crippen LogP contribution in [-0.2, 0) is 10.8 Å². The average Bonchev–Trinajstić information content (AvgIpc) is 3.70. The molecule has 9 aromatic carbocycles. The molecule has 12 rings (SSSR count). The van der Waals surface area contributed by atoms with Crippen molar-refractivity contribution in [2.45, 2.75) is 38.5 Å². The third-order valence-corrected chi connectivity index (χ3v) is 13.9. The fourth-order valence-corrected chi connectivity index (χ4v) is 10.8. The van der Waals surface area contributed by atoms with Gasteiger partial charge in [0.05, 0.1) is 11.4 Å². The normalized spacial score (nSPS) is 14.1. The lowest BCUT2D eigenvalue weighted by Crippen LogP contribution is -2.15. The Morgan fingerprint density at radius 3 is 1.74 bits per heavy atom. The summed E-state index contributed by atoms with van der Waals surface area (Å²) in [5, 5.41) is 4.99. The zero-order valence-electron chi connectivity index (χ0n) is 35.4. The molecule has 0 aliphatic heterocycles. The first-order chi connectivity index (χ1) is 30.3. The molecule has 0 saturated carbocycles. The van der Waals surface area contributed by atoms with Gasteiger partial charge in [-0.3, -0.25) is 0 Å². The molecule has 0 saturated heterocycles. The number of hydrogen-bond donors (Lipinski definition) is 0. The van der Waals surface area contributed by atoms with Crippen LogP contribution in [0.5, 0.6) is 0 Å². The molecule has 294 valence electrons. The Morgan fingerprint density at radius 1 is 0.323 bits per heavy atom. The lowest BCUT2D eigenvalue weighted by molar-refractivity contribution is 0.660. The number of aromatic nitrogens is 2. The van der Waals surface area contributed by atoms with Crippen LogP contribution in [0, 0.1) is 0 Å². The summed E-state index contributed by atoms with van der Waals surface area (Å²) < 4.78 is 0. The lowest BCUT2D eigenvalue weighted by atomic mass is 9.80. The molecule has 0 atom stereocenters. The Balaban J connectivity index is 0.985. The zero-order valence-corrected chi connectivity index (χ0v) is 35.4. The zero-order chi connectivity index (χ0) is 41.7. The van der Waals surface area contributed by atoms with E-state index in [1.807, 2.05) is 6.07 Å². The van der Waals surface area contributed by atoms with E-state index in [-0.39, 0.29) is 10.8 Å². The van der Waals surface area contributed by atoms with Crippen LogP contribution in [-0.4, -0.2) is 9.97 Å². The van der Waals surface area contributed by atoms with Gasteiger partial charge in [0.2, 0.25) is 0 Å². The maximum absolute atomic E-state index is 5.33. The van der Waals surface area contributed by atoms with Gasteiger partial charge >= 0.3 is 0 Å². The van der Waals surface area contributed by atoms with E-state index in [9.17, 15) is 0 Å². The average molecular weight is 793 g/mol. The number of fused-ring (bicyclic) bond motifs is 9. The van der Waals surface area contributed by atoms with Crippen molar-refractivity contribution in [3.05, 3.63) is 216 Å². The minimum Gasteiger partial charge on any atom is -0.228 e. The Kier molecular flexibility index (Phi) is 7.96. The summed E-state index contributed by atoms with van der Waals surface area (Å²) in [4.78, 5) is 10.7. The monoisotopic (exact) mass is 792 g/mol. The van der Waals surface area contributed by atoms with Crippen LogP contribution >= 0.6 is 0 Å². The van der Waals surface area contributed by atoms with E-state index in [1.54, 1.807) is 0 Å². The highest BCUT2D eigenvalue weighted by Crippen LogP contribution is 2.54. The Bertz CT molecular complexity index is 3460. The molecule has 0 bridgehead atoms. The SMILES string of the molecule is CC1(C)c2ccccc2-c2c(-c3cc(-c4ccc(-c5cccc(-c6ccc7c(c6)-c6ccc8ccccc8c6C7(C)C)c5)c5ccccc45)nc(-c4ccccc4)n3)cccc21. The Labute approximate surface area is 363 Å². The molecule has 1 heterocycles. The molecule has 2 nitrogen and oxygen atoms in total. The van der Waals surface area contributed by atoms with Gasteiger partial charge < -0.3 is 0 Å². The number of nitrogens with zero attached hydrogens (tertiary/aromatic N) is 2. The smallest absolute Gasteiger partial charge is 0.160 e. The van der Waals surface area contributed by atoms with Gasteiger partial charge in [-0.15, -0.1) is 0 Å². The molecule has 2 heteroatoms. The molecule has 2 aliphatic rings. The van der Waals surface area contributed by atoms with Crippen LogP contribution in [0.2, 0.25) is 0 Å². The highest BCUT2D eigenvalue weighted by atomic mass is 14.9. The van der Waals surface area contributed by atoms with Crippen molar-refractivity contribution in [1.29, 1.82) is 0 Å². The molecule has 0 amide bonds. The van der Waals surface area contributed by atoms with Gasteiger partial charge in [-0.2, -0.15) is 0 Å². The minimum atomic E-state index is -0.110. The Morgan fingerprint density at radius 2 is 0.903 bits per heavy atom. The largest absolute Gasteiger partial charge is 0.228 e.